The van der Waals surface area contributed by atoms with Gasteiger partial charge in [0.15, 0.2) is 11.5 Å². The molecule has 0 saturated heterocycles. The number of halogens is 2. The van der Waals surface area contributed by atoms with Crippen LogP contribution >= 0.6 is 23.2 Å². The van der Waals surface area contributed by atoms with Gasteiger partial charge in [-0.15, -0.1) is 11.6 Å². The Morgan fingerprint density at radius 2 is 1.95 bits per heavy atom. The predicted octanol–water partition coefficient (Wildman–Crippen LogP) is 2.93. The van der Waals surface area contributed by atoms with E-state index in [4.69, 9.17) is 37.4 Å². The third-order valence-corrected chi connectivity index (χ3v) is 3.03. The maximum atomic E-state index is 6.02. The first-order valence-electron chi connectivity index (χ1n) is 6.01. The molecule has 0 amide bonds. The lowest BCUT2D eigenvalue weighted by atomic mass is 10.2. The van der Waals surface area contributed by atoms with E-state index in [0.717, 1.165) is 5.39 Å². The van der Waals surface area contributed by atoms with Gasteiger partial charge >= 0.3 is 0 Å². The molecule has 0 aliphatic rings. The number of nitrogens with zero attached hydrogens (tertiary/aromatic N) is 2. The maximum absolute atomic E-state index is 6.02. The highest BCUT2D eigenvalue weighted by Crippen LogP contribution is 2.33. The molecule has 1 heterocycles. The molecule has 1 aromatic carbocycles. The number of aromatic nitrogens is 2. The van der Waals surface area contributed by atoms with Crippen molar-refractivity contribution in [1.29, 1.82) is 0 Å². The minimum atomic E-state index is 0.380. The number of benzene rings is 1. The van der Waals surface area contributed by atoms with Crippen molar-refractivity contribution in [3.63, 3.8) is 0 Å². The smallest absolute Gasteiger partial charge is 0.163 e. The third kappa shape index (κ3) is 3.62. The Balaban J connectivity index is 2.15. The second-order valence-electron chi connectivity index (χ2n) is 3.83. The van der Waals surface area contributed by atoms with Crippen molar-refractivity contribution in [1.82, 2.24) is 9.97 Å². The van der Waals surface area contributed by atoms with Crippen LogP contribution < -0.4 is 9.47 Å². The van der Waals surface area contributed by atoms with Gasteiger partial charge < -0.3 is 14.2 Å². The van der Waals surface area contributed by atoms with E-state index >= 15 is 0 Å². The third-order valence-electron chi connectivity index (χ3n) is 2.58. The van der Waals surface area contributed by atoms with Crippen LogP contribution in [0.5, 0.6) is 11.5 Å². The molecule has 7 heteroatoms. The number of methoxy groups -OCH3 is 1. The molecular weight excluding hydrogens is 303 g/mol. The average molecular weight is 317 g/mol. The van der Waals surface area contributed by atoms with Gasteiger partial charge in [0.1, 0.15) is 18.1 Å². The largest absolute Gasteiger partial charge is 0.493 e. The fraction of sp³-hybridized carbons (Fsp3) is 0.385. The summed E-state index contributed by atoms with van der Waals surface area (Å²) >= 11 is 11.5. The Hall–Kier alpha value is -1.30. The molecule has 0 spiro atoms. The summed E-state index contributed by atoms with van der Waals surface area (Å²) in [4.78, 5) is 8.09. The predicted molar refractivity (Wildman–Crippen MR) is 78.1 cm³/mol. The molecule has 5 nitrogen and oxygen atoms in total. The van der Waals surface area contributed by atoms with Gasteiger partial charge in [-0.05, 0) is 6.07 Å². The quantitative estimate of drug-likeness (QED) is 0.446. The topological polar surface area (TPSA) is 53.5 Å². The van der Waals surface area contributed by atoms with Gasteiger partial charge in [0.25, 0.3) is 0 Å². The fourth-order valence-corrected chi connectivity index (χ4v) is 1.98. The zero-order valence-corrected chi connectivity index (χ0v) is 12.4. The van der Waals surface area contributed by atoms with Crippen LogP contribution in [0.2, 0.25) is 5.15 Å². The number of hydrogen-bond donors (Lipinski definition) is 0. The van der Waals surface area contributed by atoms with Gasteiger partial charge in [-0.2, -0.15) is 0 Å². The normalized spacial score (nSPS) is 10.8. The molecule has 2 rings (SSSR count). The second kappa shape index (κ2) is 7.47. The fourth-order valence-electron chi connectivity index (χ4n) is 1.67. The highest BCUT2D eigenvalue weighted by molar-refractivity contribution is 6.34. The molecule has 0 N–H and O–H groups in total. The van der Waals surface area contributed by atoms with Gasteiger partial charge in [0.05, 0.1) is 25.8 Å². The molecule has 1 aromatic heterocycles. The van der Waals surface area contributed by atoms with Crippen LogP contribution in [-0.4, -0.2) is 42.8 Å². The van der Waals surface area contributed by atoms with Crippen molar-refractivity contribution < 1.29 is 14.2 Å². The molecule has 0 bridgehead atoms. The Bertz CT molecular complexity index is 581. The first-order valence-corrected chi connectivity index (χ1v) is 6.92. The van der Waals surface area contributed by atoms with Crippen molar-refractivity contribution in [2.45, 2.75) is 0 Å². The van der Waals surface area contributed by atoms with Crippen molar-refractivity contribution in [3.05, 3.63) is 23.6 Å². The van der Waals surface area contributed by atoms with E-state index in [1.165, 1.54) is 6.33 Å². The SMILES string of the molecule is COc1cc2c(Cl)ncnc2cc1OCCOCCCl. The highest BCUT2D eigenvalue weighted by Gasteiger charge is 2.10. The number of rotatable bonds is 7. The Labute approximate surface area is 126 Å². The van der Waals surface area contributed by atoms with Crippen LogP contribution in [-0.2, 0) is 4.74 Å². The minimum absolute atomic E-state index is 0.380. The van der Waals surface area contributed by atoms with Crippen LogP contribution in [0.15, 0.2) is 18.5 Å². The van der Waals surface area contributed by atoms with Crippen molar-refractivity contribution in [3.8, 4) is 11.5 Å². The number of fused-ring (bicyclic) bond motifs is 1. The zero-order chi connectivity index (χ0) is 14.4. The first kappa shape index (κ1) is 15.1. The van der Waals surface area contributed by atoms with Crippen molar-refractivity contribution in [2.75, 3.05) is 32.8 Å². The van der Waals surface area contributed by atoms with Crippen LogP contribution in [0.25, 0.3) is 10.9 Å². The monoisotopic (exact) mass is 316 g/mol. The van der Waals surface area contributed by atoms with E-state index < -0.39 is 0 Å². The molecule has 0 atom stereocenters. The Morgan fingerprint density at radius 1 is 1.10 bits per heavy atom. The summed E-state index contributed by atoms with van der Waals surface area (Å²) in [5.41, 5.74) is 0.697. The molecule has 0 aliphatic heterocycles. The van der Waals surface area contributed by atoms with Gasteiger partial charge in [-0.25, -0.2) is 9.97 Å². The number of alkyl halides is 1. The second-order valence-corrected chi connectivity index (χ2v) is 4.57. The Morgan fingerprint density at radius 3 is 2.70 bits per heavy atom. The van der Waals surface area contributed by atoms with Crippen molar-refractivity contribution >= 4 is 34.1 Å². The lowest BCUT2D eigenvalue weighted by Crippen LogP contribution is -2.08. The van der Waals surface area contributed by atoms with E-state index in [-0.39, 0.29) is 0 Å². The van der Waals surface area contributed by atoms with Crippen LogP contribution in [0, 0.1) is 0 Å². The average Bonchev–Trinajstić information content (AvgIpc) is 2.47. The molecule has 2 aromatic rings. The summed E-state index contributed by atoms with van der Waals surface area (Å²) in [6.07, 6.45) is 1.41. The number of hydrogen-bond acceptors (Lipinski definition) is 5. The lowest BCUT2D eigenvalue weighted by Gasteiger charge is -2.12. The molecule has 0 unspecified atom stereocenters. The Kier molecular flexibility index (Phi) is 5.64. The van der Waals surface area contributed by atoms with E-state index in [2.05, 4.69) is 9.97 Å². The highest BCUT2D eigenvalue weighted by atomic mass is 35.5. The molecule has 0 fully saturated rings. The minimum Gasteiger partial charge on any atom is -0.493 e. The van der Waals surface area contributed by atoms with Gasteiger partial charge in [-0.1, -0.05) is 11.6 Å². The van der Waals surface area contributed by atoms with E-state index in [1.54, 1.807) is 19.2 Å². The summed E-state index contributed by atoms with van der Waals surface area (Å²) in [5, 5.41) is 1.10. The molecular formula is C13H14Cl2N2O3. The van der Waals surface area contributed by atoms with Gasteiger partial charge in [0.2, 0.25) is 0 Å². The number of ether oxygens (including phenoxy) is 3. The first-order chi connectivity index (χ1) is 9.76. The summed E-state index contributed by atoms with van der Waals surface area (Å²) in [7, 11) is 1.57. The summed E-state index contributed by atoms with van der Waals surface area (Å²) in [6.45, 7) is 1.36. The van der Waals surface area contributed by atoms with Gasteiger partial charge in [-0.3, -0.25) is 0 Å². The molecule has 0 radical (unpaired) electrons. The molecule has 20 heavy (non-hydrogen) atoms. The van der Waals surface area contributed by atoms with E-state index in [9.17, 15) is 0 Å². The molecule has 0 saturated carbocycles. The molecule has 108 valence electrons. The summed E-state index contributed by atoms with van der Waals surface area (Å²) in [5.74, 6) is 1.63. The van der Waals surface area contributed by atoms with Crippen LogP contribution in [0.4, 0.5) is 0 Å². The maximum Gasteiger partial charge on any atom is 0.163 e. The van der Waals surface area contributed by atoms with Crippen molar-refractivity contribution in [2.24, 2.45) is 0 Å². The lowest BCUT2D eigenvalue weighted by molar-refractivity contribution is 0.110. The van der Waals surface area contributed by atoms with E-state index in [0.29, 0.717) is 47.9 Å². The molecule has 0 aliphatic carbocycles. The summed E-state index contributed by atoms with van der Waals surface area (Å²) < 4.78 is 16.2. The standard InChI is InChI=1S/C13H14Cl2N2O3/c1-18-11-6-9-10(16-8-17-13(9)15)7-12(11)20-5-4-19-3-2-14/h6-8H,2-5H2,1H3. The summed E-state index contributed by atoms with van der Waals surface area (Å²) in [6, 6.07) is 3.52. The van der Waals surface area contributed by atoms with Gasteiger partial charge in [0, 0.05) is 17.3 Å². The van der Waals surface area contributed by atoms with E-state index in [1.807, 2.05) is 0 Å². The zero-order valence-electron chi connectivity index (χ0n) is 10.9. The van der Waals surface area contributed by atoms with Crippen LogP contribution in [0.3, 0.4) is 0 Å². The van der Waals surface area contributed by atoms with Crippen LogP contribution in [0.1, 0.15) is 0 Å².